The van der Waals surface area contributed by atoms with Gasteiger partial charge >= 0.3 is 11.9 Å². The molecule has 0 spiro atoms. The Hall–Kier alpha value is -1.08. The maximum atomic E-state index is 10.8. The number of carbonyl (C=O) groups is 3. The zero-order valence-electron chi connectivity index (χ0n) is 13.8. The predicted octanol–water partition coefficient (Wildman–Crippen LogP) is 1.42. The van der Waals surface area contributed by atoms with Crippen LogP contribution < -0.4 is 5.73 Å². The van der Waals surface area contributed by atoms with Gasteiger partial charge in [0, 0.05) is 12.0 Å². The van der Waals surface area contributed by atoms with Gasteiger partial charge < -0.3 is 15.2 Å². The van der Waals surface area contributed by atoms with Crippen LogP contribution in [0.25, 0.3) is 0 Å². The summed E-state index contributed by atoms with van der Waals surface area (Å²) in [5.74, 6) is -0.523. The van der Waals surface area contributed by atoms with Crippen molar-refractivity contribution >= 4 is 31.2 Å². The van der Waals surface area contributed by atoms with E-state index in [1.54, 1.807) is 13.8 Å². The van der Waals surface area contributed by atoms with Crippen LogP contribution in [0.2, 0.25) is 0 Å². The summed E-state index contributed by atoms with van der Waals surface area (Å²) in [6, 6.07) is -0.0764. The minimum Gasteiger partial charge on any atom is -0.469 e. The summed E-state index contributed by atoms with van der Waals surface area (Å²) in [5.41, 5.74) is 5.59. The molecule has 0 bridgehead atoms. The lowest BCUT2D eigenvalue weighted by Gasteiger charge is -2.12. The van der Waals surface area contributed by atoms with Crippen molar-refractivity contribution in [1.29, 1.82) is 0 Å². The summed E-state index contributed by atoms with van der Waals surface area (Å²) in [4.78, 5) is 31.9. The number of ether oxygens (including phenoxy) is 2. The van der Waals surface area contributed by atoms with E-state index in [2.05, 4.69) is 9.47 Å². The maximum Gasteiger partial charge on any atom is 0.313 e. The smallest absolute Gasteiger partial charge is 0.313 e. The van der Waals surface area contributed by atoms with Gasteiger partial charge in [-0.3, -0.25) is 14.4 Å². The number of nitrogens with two attached hydrogens (primary N) is 1. The number of hydrogen-bond acceptors (Lipinski definition) is 6. The van der Waals surface area contributed by atoms with Crippen molar-refractivity contribution < 1.29 is 23.9 Å². The third kappa shape index (κ3) is 15.1. The van der Waals surface area contributed by atoms with Crippen LogP contribution in [0.1, 0.15) is 40.5 Å². The second kappa shape index (κ2) is 13.9. The zero-order chi connectivity index (χ0) is 16.3. The van der Waals surface area contributed by atoms with Crippen molar-refractivity contribution in [1.82, 2.24) is 0 Å². The molecule has 0 aliphatic heterocycles. The number of rotatable bonds is 6. The van der Waals surface area contributed by atoms with Gasteiger partial charge in [0.25, 0.3) is 0 Å². The Morgan fingerprint density at radius 3 is 1.67 bits per heavy atom. The Kier molecular flexibility index (Phi) is 16.5. The Morgan fingerprint density at radius 2 is 1.38 bits per heavy atom. The second-order valence-electron chi connectivity index (χ2n) is 5.06. The van der Waals surface area contributed by atoms with E-state index in [0.29, 0.717) is 12.3 Å². The standard InChI is InChI=1S/C7H15NO2.C7H12O3.H2S/c2*1-5(2)6(8)4-7(9)10-3;/h5-6H,4,8H2,1-3H3;5H,4H2,1-3H3;1H2/t6-;;/m0../s1. The van der Waals surface area contributed by atoms with Gasteiger partial charge in [0.1, 0.15) is 12.2 Å². The molecule has 1 atom stereocenters. The van der Waals surface area contributed by atoms with Crippen LogP contribution in [0.5, 0.6) is 0 Å². The number of Topliss-reactive ketones (excluding diaryl/α,β-unsaturated/α-hetero) is 1. The molecule has 0 unspecified atom stereocenters. The van der Waals surface area contributed by atoms with Crippen LogP contribution >= 0.6 is 13.5 Å². The molecule has 21 heavy (non-hydrogen) atoms. The van der Waals surface area contributed by atoms with Gasteiger partial charge in [-0.1, -0.05) is 27.7 Å². The molecule has 0 aliphatic rings. The van der Waals surface area contributed by atoms with Gasteiger partial charge in [0.15, 0.2) is 0 Å². The van der Waals surface area contributed by atoms with Gasteiger partial charge in [0.2, 0.25) is 0 Å². The van der Waals surface area contributed by atoms with Gasteiger partial charge in [0.05, 0.1) is 20.6 Å². The Morgan fingerprint density at radius 1 is 0.952 bits per heavy atom. The molecule has 0 aromatic heterocycles. The molecular weight excluding hydrogens is 294 g/mol. The van der Waals surface area contributed by atoms with Gasteiger partial charge in [-0.05, 0) is 5.92 Å². The van der Waals surface area contributed by atoms with Gasteiger partial charge in [-0.25, -0.2) is 0 Å². The second-order valence-corrected chi connectivity index (χ2v) is 5.06. The number of hydrogen-bond donors (Lipinski definition) is 1. The highest BCUT2D eigenvalue weighted by atomic mass is 32.1. The SMILES string of the molecule is COC(=O)CC(=O)C(C)C.COC(=O)C[C@H](N)C(C)C.S. The van der Waals surface area contributed by atoms with Gasteiger partial charge in [-0.15, -0.1) is 0 Å². The van der Waals surface area contributed by atoms with E-state index in [0.717, 1.165) is 0 Å². The minimum atomic E-state index is -0.460. The van der Waals surface area contributed by atoms with E-state index in [-0.39, 0.29) is 43.6 Å². The molecule has 0 rings (SSSR count). The van der Waals surface area contributed by atoms with E-state index in [1.165, 1.54) is 14.2 Å². The largest absolute Gasteiger partial charge is 0.469 e. The quantitative estimate of drug-likeness (QED) is 0.586. The van der Waals surface area contributed by atoms with Crippen LogP contribution in [-0.4, -0.2) is 38.0 Å². The monoisotopic (exact) mass is 323 g/mol. The Bertz CT molecular complexity index is 318. The summed E-state index contributed by atoms with van der Waals surface area (Å²) in [7, 11) is 2.64. The van der Waals surface area contributed by atoms with E-state index in [1.807, 2.05) is 13.8 Å². The first-order chi connectivity index (χ1) is 9.15. The highest BCUT2D eigenvalue weighted by Gasteiger charge is 2.12. The zero-order valence-corrected chi connectivity index (χ0v) is 14.8. The van der Waals surface area contributed by atoms with Crippen LogP contribution in [-0.2, 0) is 23.9 Å². The summed E-state index contributed by atoms with van der Waals surface area (Å²) in [6.07, 6.45) is 0.211. The highest BCUT2D eigenvalue weighted by molar-refractivity contribution is 7.59. The van der Waals surface area contributed by atoms with Crippen molar-refractivity contribution in [2.24, 2.45) is 17.6 Å². The molecule has 0 saturated heterocycles. The maximum absolute atomic E-state index is 10.8. The molecule has 0 saturated carbocycles. The van der Waals surface area contributed by atoms with Gasteiger partial charge in [-0.2, -0.15) is 13.5 Å². The first-order valence-electron chi connectivity index (χ1n) is 6.57. The molecule has 0 aliphatic carbocycles. The molecule has 6 nitrogen and oxygen atoms in total. The van der Waals surface area contributed by atoms with E-state index in [4.69, 9.17) is 5.73 Å². The number of esters is 2. The summed E-state index contributed by atoms with van der Waals surface area (Å²) in [6.45, 7) is 7.47. The van der Waals surface area contributed by atoms with Crippen LogP contribution in [0.3, 0.4) is 0 Å². The lowest BCUT2D eigenvalue weighted by molar-refractivity contribution is -0.144. The van der Waals surface area contributed by atoms with Crippen LogP contribution in [0, 0.1) is 11.8 Å². The van der Waals surface area contributed by atoms with Crippen LogP contribution in [0.4, 0.5) is 0 Å². The van der Waals surface area contributed by atoms with Crippen molar-refractivity contribution in [2.45, 2.75) is 46.6 Å². The molecule has 0 aromatic rings. The first kappa shape index (κ1) is 24.9. The lowest BCUT2D eigenvalue weighted by Crippen LogP contribution is -2.29. The summed E-state index contributed by atoms with van der Waals surface area (Å²) >= 11 is 0. The molecule has 126 valence electrons. The molecule has 0 radical (unpaired) electrons. The Labute approximate surface area is 134 Å². The molecular formula is C14H29NO5S. The van der Waals surface area contributed by atoms with Crippen molar-refractivity contribution in [3.8, 4) is 0 Å². The fraction of sp³-hybridized carbons (Fsp3) is 0.786. The molecule has 2 N–H and O–H groups in total. The average molecular weight is 323 g/mol. The Balaban J connectivity index is -0.000000295. The third-order valence-corrected chi connectivity index (χ3v) is 2.68. The average Bonchev–Trinajstić information content (AvgIpc) is 2.38. The third-order valence-electron chi connectivity index (χ3n) is 2.68. The van der Waals surface area contributed by atoms with Crippen molar-refractivity contribution in [3.63, 3.8) is 0 Å². The minimum absolute atomic E-state index is 0. The lowest BCUT2D eigenvalue weighted by atomic mass is 10.0. The molecule has 0 amide bonds. The number of ketones is 1. The van der Waals surface area contributed by atoms with Crippen molar-refractivity contribution in [2.75, 3.05) is 14.2 Å². The van der Waals surface area contributed by atoms with E-state index < -0.39 is 5.97 Å². The molecule has 0 fully saturated rings. The molecule has 0 heterocycles. The van der Waals surface area contributed by atoms with Crippen molar-refractivity contribution in [3.05, 3.63) is 0 Å². The number of carbonyl (C=O) groups excluding carboxylic acids is 3. The summed E-state index contributed by atoms with van der Waals surface area (Å²) in [5, 5.41) is 0. The fourth-order valence-electron chi connectivity index (χ4n) is 0.930. The van der Waals surface area contributed by atoms with E-state index in [9.17, 15) is 14.4 Å². The highest BCUT2D eigenvalue weighted by Crippen LogP contribution is 2.02. The molecule has 0 aromatic carbocycles. The van der Waals surface area contributed by atoms with E-state index >= 15 is 0 Å². The van der Waals surface area contributed by atoms with Crippen LogP contribution in [0.15, 0.2) is 0 Å². The predicted molar refractivity (Wildman–Crippen MR) is 86.3 cm³/mol. The fourth-order valence-corrected chi connectivity index (χ4v) is 0.930. The number of methoxy groups -OCH3 is 2. The topological polar surface area (TPSA) is 95.7 Å². The summed E-state index contributed by atoms with van der Waals surface area (Å²) < 4.78 is 8.76. The molecule has 7 heteroatoms. The normalized spacial score (nSPS) is 10.9. The first-order valence-corrected chi connectivity index (χ1v) is 6.57.